The summed E-state index contributed by atoms with van der Waals surface area (Å²) >= 11 is 6.16. The van der Waals surface area contributed by atoms with Gasteiger partial charge in [-0.3, -0.25) is 5.10 Å². The Hall–Kier alpha value is -3.06. The summed E-state index contributed by atoms with van der Waals surface area (Å²) in [4.78, 5) is 12.1. The summed E-state index contributed by atoms with van der Waals surface area (Å²) in [5.74, 6) is 8.06. The van der Waals surface area contributed by atoms with Gasteiger partial charge in [0.15, 0.2) is 17.2 Å². The molecule has 2 aliphatic heterocycles. The fourth-order valence-electron chi connectivity index (χ4n) is 5.15. The van der Waals surface area contributed by atoms with Gasteiger partial charge in [-0.2, -0.15) is 5.10 Å². The number of ether oxygens (including phenoxy) is 4. The Morgan fingerprint density at radius 3 is 2.47 bits per heavy atom. The molecular formula is C26H30ClN5O4. The predicted molar refractivity (Wildman–Crippen MR) is 137 cm³/mol. The largest absolute Gasteiger partial charge is 0.495 e. The number of fused-ring (bicyclic) bond motifs is 1. The van der Waals surface area contributed by atoms with E-state index in [9.17, 15) is 0 Å². The molecule has 10 heteroatoms. The molecule has 190 valence electrons. The highest BCUT2D eigenvalue weighted by Gasteiger charge is 2.41. The van der Waals surface area contributed by atoms with Crippen LogP contribution in [-0.4, -0.2) is 67.3 Å². The zero-order valence-corrected chi connectivity index (χ0v) is 21.7. The van der Waals surface area contributed by atoms with Gasteiger partial charge in [-0.25, -0.2) is 9.97 Å². The van der Waals surface area contributed by atoms with E-state index < -0.39 is 0 Å². The van der Waals surface area contributed by atoms with E-state index in [1.54, 1.807) is 33.5 Å². The van der Waals surface area contributed by atoms with Crippen LogP contribution in [0.5, 0.6) is 11.5 Å². The first kappa shape index (κ1) is 24.6. The second-order valence-corrected chi connectivity index (χ2v) is 9.88. The van der Waals surface area contributed by atoms with Crippen molar-refractivity contribution in [1.82, 2.24) is 20.2 Å². The molecule has 2 fully saturated rings. The van der Waals surface area contributed by atoms with Gasteiger partial charge in [0.2, 0.25) is 0 Å². The van der Waals surface area contributed by atoms with Crippen molar-refractivity contribution in [3.63, 3.8) is 0 Å². The molecule has 2 aromatic heterocycles. The number of anilines is 1. The molecule has 1 spiro atoms. The van der Waals surface area contributed by atoms with Crippen molar-refractivity contribution < 1.29 is 18.9 Å². The minimum atomic E-state index is 0.287. The number of benzene rings is 1. The van der Waals surface area contributed by atoms with E-state index in [-0.39, 0.29) is 5.41 Å². The van der Waals surface area contributed by atoms with Crippen LogP contribution >= 0.6 is 11.6 Å². The van der Waals surface area contributed by atoms with Crippen LogP contribution in [0.2, 0.25) is 5.02 Å². The molecule has 0 amide bonds. The number of rotatable bonds is 5. The predicted octanol–water partition coefficient (Wildman–Crippen LogP) is 3.97. The van der Waals surface area contributed by atoms with Crippen LogP contribution in [0.3, 0.4) is 0 Å². The third-order valence-corrected chi connectivity index (χ3v) is 7.24. The number of H-pyrrole nitrogens is 1. The maximum Gasteiger partial charge on any atom is 0.177 e. The van der Waals surface area contributed by atoms with Crippen LogP contribution in [0.4, 0.5) is 5.82 Å². The Morgan fingerprint density at radius 2 is 1.86 bits per heavy atom. The van der Waals surface area contributed by atoms with Gasteiger partial charge in [-0.15, -0.1) is 0 Å². The molecule has 0 bridgehead atoms. The van der Waals surface area contributed by atoms with Gasteiger partial charge in [0.1, 0.15) is 28.3 Å². The number of hydrogen-bond acceptors (Lipinski definition) is 8. The lowest BCUT2D eigenvalue weighted by Gasteiger charge is -2.39. The van der Waals surface area contributed by atoms with Crippen LogP contribution < -0.4 is 14.4 Å². The Bertz CT molecular complexity index is 1300. The summed E-state index contributed by atoms with van der Waals surface area (Å²) in [6, 6.07) is 3.39. The maximum absolute atomic E-state index is 6.16. The van der Waals surface area contributed by atoms with Gasteiger partial charge < -0.3 is 23.8 Å². The van der Waals surface area contributed by atoms with Gasteiger partial charge in [0, 0.05) is 37.4 Å². The van der Waals surface area contributed by atoms with E-state index in [1.165, 1.54) is 0 Å². The first-order valence-corrected chi connectivity index (χ1v) is 12.4. The van der Waals surface area contributed by atoms with Crippen LogP contribution in [-0.2, 0) is 16.1 Å². The SMILES string of the molecule is COCc1nc2c(C#Cc3c(OC)cc(Cl)cc3OC)n[nH]c2nc1N1CCC2(CC1)CO[C@@H](C)C2. The van der Waals surface area contributed by atoms with Gasteiger partial charge in [0.25, 0.3) is 0 Å². The molecule has 36 heavy (non-hydrogen) atoms. The Morgan fingerprint density at radius 1 is 1.14 bits per heavy atom. The normalized spacial score (nSPS) is 18.9. The molecule has 1 aromatic carbocycles. The molecule has 5 rings (SSSR count). The number of methoxy groups -OCH3 is 3. The lowest BCUT2D eigenvalue weighted by Crippen LogP contribution is -2.41. The average molecular weight is 512 g/mol. The molecular weight excluding hydrogens is 482 g/mol. The van der Waals surface area contributed by atoms with Gasteiger partial charge in [-0.05, 0) is 37.5 Å². The van der Waals surface area contributed by atoms with Crippen molar-refractivity contribution in [2.24, 2.45) is 5.41 Å². The second-order valence-electron chi connectivity index (χ2n) is 9.44. The number of nitrogens with zero attached hydrogens (tertiary/aromatic N) is 4. The van der Waals surface area contributed by atoms with Crippen molar-refractivity contribution in [1.29, 1.82) is 0 Å². The minimum Gasteiger partial charge on any atom is -0.495 e. The van der Waals surface area contributed by atoms with E-state index >= 15 is 0 Å². The third-order valence-electron chi connectivity index (χ3n) is 7.02. The number of hydrogen-bond donors (Lipinski definition) is 1. The van der Waals surface area contributed by atoms with Crippen LogP contribution in [0, 0.1) is 17.3 Å². The zero-order valence-electron chi connectivity index (χ0n) is 21.0. The summed E-state index contributed by atoms with van der Waals surface area (Å²) in [6.45, 7) is 5.17. The minimum absolute atomic E-state index is 0.287. The number of halogens is 1. The van der Waals surface area contributed by atoms with E-state index in [0.717, 1.165) is 50.5 Å². The molecule has 9 nitrogen and oxygen atoms in total. The summed E-state index contributed by atoms with van der Waals surface area (Å²) in [5.41, 5.74) is 3.29. The summed E-state index contributed by atoms with van der Waals surface area (Å²) in [6.07, 6.45) is 3.62. The van der Waals surface area contributed by atoms with Crippen molar-refractivity contribution >= 4 is 28.6 Å². The Labute approximate surface area is 215 Å². The second kappa shape index (κ2) is 10.1. The highest BCUT2D eigenvalue weighted by atomic mass is 35.5. The Kier molecular flexibility index (Phi) is 6.93. The maximum atomic E-state index is 6.16. The monoisotopic (exact) mass is 511 g/mol. The fourth-order valence-corrected chi connectivity index (χ4v) is 5.35. The molecule has 1 atom stereocenters. The Balaban J connectivity index is 1.46. The van der Waals surface area contributed by atoms with Crippen molar-refractivity contribution in [3.05, 3.63) is 34.1 Å². The highest BCUT2D eigenvalue weighted by molar-refractivity contribution is 6.31. The fraction of sp³-hybridized carbons (Fsp3) is 0.500. The number of piperidine rings is 1. The van der Waals surface area contributed by atoms with Gasteiger partial charge >= 0.3 is 0 Å². The lowest BCUT2D eigenvalue weighted by atomic mass is 9.77. The molecule has 0 radical (unpaired) electrons. The first-order chi connectivity index (χ1) is 17.4. The summed E-state index contributed by atoms with van der Waals surface area (Å²) < 4.78 is 22.3. The lowest BCUT2D eigenvalue weighted by molar-refractivity contribution is 0.0975. The van der Waals surface area contributed by atoms with E-state index in [1.807, 2.05) is 0 Å². The molecule has 3 aromatic rings. The van der Waals surface area contributed by atoms with E-state index in [0.29, 0.717) is 51.7 Å². The van der Waals surface area contributed by atoms with Gasteiger partial charge in [0.05, 0.1) is 33.5 Å². The summed E-state index contributed by atoms with van der Waals surface area (Å²) in [5, 5.41) is 7.88. The van der Waals surface area contributed by atoms with Crippen molar-refractivity contribution in [2.75, 3.05) is 45.9 Å². The van der Waals surface area contributed by atoms with Crippen LogP contribution in [0.1, 0.15) is 43.1 Å². The molecule has 0 aliphatic carbocycles. The average Bonchev–Trinajstić information content (AvgIpc) is 3.45. The van der Waals surface area contributed by atoms with Crippen molar-refractivity contribution in [3.8, 4) is 23.3 Å². The summed E-state index contributed by atoms with van der Waals surface area (Å²) in [7, 11) is 4.79. The highest BCUT2D eigenvalue weighted by Crippen LogP contribution is 2.42. The molecule has 2 aliphatic rings. The smallest absolute Gasteiger partial charge is 0.177 e. The number of aromatic amines is 1. The molecule has 0 unspecified atom stereocenters. The van der Waals surface area contributed by atoms with Crippen LogP contribution in [0.25, 0.3) is 11.2 Å². The topological polar surface area (TPSA) is 94.6 Å². The quantitative estimate of drug-likeness (QED) is 0.514. The first-order valence-electron chi connectivity index (χ1n) is 12.0. The van der Waals surface area contributed by atoms with Crippen LogP contribution in [0.15, 0.2) is 12.1 Å². The van der Waals surface area contributed by atoms with E-state index in [2.05, 4.69) is 33.9 Å². The molecule has 4 heterocycles. The molecule has 1 N–H and O–H groups in total. The van der Waals surface area contributed by atoms with E-state index in [4.69, 9.17) is 40.5 Å². The van der Waals surface area contributed by atoms with Gasteiger partial charge in [-0.1, -0.05) is 17.5 Å². The number of nitrogens with one attached hydrogen (secondary N) is 1. The number of aromatic nitrogens is 4. The zero-order chi connectivity index (χ0) is 25.3. The third kappa shape index (κ3) is 4.69. The molecule has 2 saturated heterocycles. The standard InChI is InChI=1S/C26H30ClN5O4/c1-16-13-26(15-36-16)7-9-32(10-8-26)25-20(14-33-2)28-23-19(30-31-24(23)29-25)6-5-18-21(34-3)11-17(27)12-22(18)35-4/h11-12,16H,7-10,13-15H2,1-4H3,(H,29,30,31)/t16-/m0/s1. The molecule has 0 saturated carbocycles. The van der Waals surface area contributed by atoms with Crippen molar-refractivity contribution in [2.45, 2.75) is 38.9 Å².